The van der Waals surface area contributed by atoms with Gasteiger partial charge in [0, 0.05) is 11.3 Å². The second-order valence-electron chi connectivity index (χ2n) is 10.1. The van der Waals surface area contributed by atoms with Crippen LogP contribution in [0.4, 0.5) is 4.79 Å². The number of allylic oxidation sites excluding steroid dienone is 2. The van der Waals surface area contributed by atoms with Crippen LogP contribution in [0.2, 0.25) is 0 Å². The van der Waals surface area contributed by atoms with E-state index in [2.05, 4.69) is 19.9 Å². The first-order chi connectivity index (χ1) is 17.9. The fourth-order valence-corrected chi connectivity index (χ4v) is 6.40. The number of fused-ring (bicyclic) bond motifs is 4. The molecule has 0 aromatic heterocycles. The summed E-state index contributed by atoms with van der Waals surface area (Å²) in [5.74, 6) is -1.90. The average molecular weight is 504 g/mol. The number of carbonyl (C=O) groups excluding carboxylic acids is 3. The zero-order chi connectivity index (χ0) is 26.3. The monoisotopic (exact) mass is 503 g/mol. The number of benzene rings is 2. The third-order valence-corrected chi connectivity index (χ3v) is 8.27. The number of likely N-dealkylation sites (tertiary alicyclic amines) is 1. The molecule has 3 amide bonds. The molecule has 0 unspecified atom stereocenters. The summed E-state index contributed by atoms with van der Waals surface area (Å²) >= 11 is 0. The van der Waals surface area contributed by atoms with Crippen LogP contribution < -0.4 is 0 Å². The van der Waals surface area contributed by atoms with Gasteiger partial charge in [-0.25, -0.2) is 4.79 Å². The molecule has 7 heteroatoms. The Hall–Kier alpha value is -3.45. The van der Waals surface area contributed by atoms with E-state index in [-0.39, 0.29) is 17.8 Å². The Morgan fingerprint density at radius 1 is 1.11 bits per heavy atom. The zero-order valence-electron chi connectivity index (χ0n) is 21.5. The highest BCUT2D eigenvalue weighted by Crippen LogP contribution is 2.50. The summed E-state index contributed by atoms with van der Waals surface area (Å²) in [5, 5.41) is 12.1. The molecule has 0 radical (unpaired) electrons. The molecule has 2 aromatic rings. The Morgan fingerprint density at radius 2 is 1.86 bits per heavy atom. The summed E-state index contributed by atoms with van der Waals surface area (Å²) in [6, 6.07) is 11.5. The molecule has 2 fully saturated rings. The van der Waals surface area contributed by atoms with Crippen molar-refractivity contribution >= 4 is 34.8 Å². The minimum atomic E-state index is -0.904. The minimum absolute atomic E-state index is 0.109. The molecule has 3 aliphatic rings. The van der Waals surface area contributed by atoms with Crippen LogP contribution in [0.5, 0.6) is 5.75 Å². The number of imide groups is 3. The maximum absolute atomic E-state index is 13.1. The highest BCUT2D eigenvalue weighted by Gasteiger charge is 2.58. The van der Waals surface area contributed by atoms with Gasteiger partial charge in [-0.1, -0.05) is 61.4 Å². The van der Waals surface area contributed by atoms with Gasteiger partial charge in [-0.3, -0.25) is 9.59 Å². The Balaban J connectivity index is 1.38. The molecule has 0 saturated carbocycles. The Morgan fingerprint density at radius 3 is 2.57 bits per heavy atom. The number of hydrogen-bond acceptors (Lipinski definition) is 6. The molecule has 0 bridgehead atoms. The SMILES string of the molecule is CCC1=C2[C@@H](CC/C(=C/c3ccc(O)c4ccccc34)CC)OC[C@@H]2[C@@H]2C(=O)N(C(=O)OC)C(=O)[C@@H]2C1. The first-order valence-electron chi connectivity index (χ1n) is 13.1. The van der Waals surface area contributed by atoms with Gasteiger partial charge in [-0.05, 0) is 54.7 Å². The third-order valence-electron chi connectivity index (χ3n) is 8.27. The van der Waals surface area contributed by atoms with Gasteiger partial charge >= 0.3 is 6.09 Å². The number of aromatic hydroxyl groups is 1. The van der Waals surface area contributed by atoms with Gasteiger partial charge in [0.25, 0.3) is 0 Å². The smallest absolute Gasteiger partial charge is 0.423 e. The van der Waals surface area contributed by atoms with Crippen LogP contribution in [0.3, 0.4) is 0 Å². The van der Waals surface area contributed by atoms with Crippen LogP contribution in [-0.4, -0.2) is 47.7 Å². The number of nitrogens with zero attached hydrogens (tertiary/aromatic N) is 1. The highest BCUT2D eigenvalue weighted by molar-refractivity contribution is 6.16. The predicted octanol–water partition coefficient (Wildman–Crippen LogP) is 5.61. The predicted molar refractivity (Wildman–Crippen MR) is 140 cm³/mol. The van der Waals surface area contributed by atoms with Gasteiger partial charge in [-0.15, -0.1) is 0 Å². The van der Waals surface area contributed by atoms with E-state index >= 15 is 0 Å². The molecule has 0 spiro atoms. The molecular weight excluding hydrogens is 470 g/mol. The molecule has 2 heterocycles. The van der Waals surface area contributed by atoms with E-state index in [0.29, 0.717) is 17.9 Å². The molecule has 2 saturated heterocycles. The van der Waals surface area contributed by atoms with Crippen molar-refractivity contribution in [2.75, 3.05) is 13.7 Å². The summed E-state index contributed by atoms with van der Waals surface area (Å²) in [4.78, 5) is 38.9. The van der Waals surface area contributed by atoms with Crippen molar-refractivity contribution in [3.63, 3.8) is 0 Å². The zero-order valence-corrected chi connectivity index (χ0v) is 21.5. The van der Waals surface area contributed by atoms with E-state index in [1.165, 1.54) is 18.3 Å². The second-order valence-corrected chi connectivity index (χ2v) is 10.1. The average Bonchev–Trinajstić information content (AvgIpc) is 3.45. The number of ether oxygens (including phenoxy) is 2. The van der Waals surface area contributed by atoms with Crippen molar-refractivity contribution in [1.82, 2.24) is 4.90 Å². The number of carbonyl (C=O) groups is 3. The molecule has 1 aliphatic carbocycles. The van der Waals surface area contributed by atoms with E-state index in [0.717, 1.165) is 47.6 Å². The summed E-state index contributed by atoms with van der Waals surface area (Å²) in [5.41, 5.74) is 4.68. The summed E-state index contributed by atoms with van der Waals surface area (Å²) in [6.07, 6.45) is 4.96. The van der Waals surface area contributed by atoms with E-state index in [9.17, 15) is 19.5 Å². The van der Waals surface area contributed by atoms with Crippen LogP contribution in [0.1, 0.15) is 51.5 Å². The fourth-order valence-electron chi connectivity index (χ4n) is 6.40. The lowest BCUT2D eigenvalue weighted by Crippen LogP contribution is -2.38. The number of hydrogen-bond donors (Lipinski definition) is 1. The molecule has 7 nitrogen and oxygen atoms in total. The third kappa shape index (κ3) is 4.25. The number of amides is 3. The molecule has 4 atom stereocenters. The fraction of sp³-hybridized carbons (Fsp3) is 0.433. The molecular formula is C30H33NO6. The van der Waals surface area contributed by atoms with Crippen molar-refractivity contribution in [1.29, 1.82) is 0 Å². The normalized spacial score (nSPS) is 25.6. The van der Waals surface area contributed by atoms with Gasteiger partial charge in [0.15, 0.2) is 0 Å². The van der Waals surface area contributed by atoms with E-state index in [4.69, 9.17) is 9.47 Å². The molecule has 1 N–H and O–H groups in total. The summed E-state index contributed by atoms with van der Waals surface area (Å²) < 4.78 is 11.0. The van der Waals surface area contributed by atoms with Crippen LogP contribution in [0.15, 0.2) is 53.1 Å². The summed E-state index contributed by atoms with van der Waals surface area (Å²) in [6.45, 7) is 4.59. The molecule has 37 heavy (non-hydrogen) atoms. The maximum atomic E-state index is 13.1. The van der Waals surface area contributed by atoms with E-state index in [1.807, 2.05) is 30.3 Å². The first-order valence-corrected chi connectivity index (χ1v) is 13.1. The van der Waals surface area contributed by atoms with E-state index < -0.39 is 29.7 Å². The quantitative estimate of drug-likeness (QED) is 0.407. The van der Waals surface area contributed by atoms with Crippen molar-refractivity contribution in [2.45, 2.75) is 52.1 Å². The van der Waals surface area contributed by atoms with Crippen molar-refractivity contribution in [3.8, 4) is 5.75 Å². The van der Waals surface area contributed by atoms with Crippen molar-refractivity contribution < 1.29 is 29.0 Å². The summed E-state index contributed by atoms with van der Waals surface area (Å²) in [7, 11) is 1.18. The number of phenolic OH excluding ortho intramolecular Hbond substituents is 1. The molecule has 2 aromatic carbocycles. The number of methoxy groups -OCH3 is 1. The Bertz CT molecular complexity index is 1320. The van der Waals surface area contributed by atoms with Gasteiger partial charge in [0.2, 0.25) is 11.8 Å². The van der Waals surface area contributed by atoms with Gasteiger partial charge in [0.1, 0.15) is 5.75 Å². The molecule has 194 valence electrons. The van der Waals surface area contributed by atoms with Crippen LogP contribution in [0.25, 0.3) is 16.8 Å². The van der Waals surface area contributed by atoms with Gasteiger partial charge in [-0.2, -0.15) is 4.90 Å². The highest BCUT2D eigenvalue weighted by atomic mass is 16.5. The lowest BCUT2D eigenvalue weighted by Gasteiger charge is -2.31. The molecule has 2 aliphatic heterocycles. The second kappa shape index (κ2) is 10.1. The topological polar surface area (TPSA) is 93.1 Å². The maximum Gasteiger partial charge on any atom is 0.423 e. The van der Waals surface area contributed by atoms with Crippen LogP contribution in [-0.2, 0) is 19.1 Å². The number of phenols is 1. The number of rotatable bonds is 6. The van der Waals surface area contributed by atoms with Gasteiger partial charge in [0.05, 0.1) is 31.7 Å². The first kappa shape index (κ1) is 25.2. The Kier molecular flexibility index (Phi) is 6.90. The minimum Gasteiger partial charge on any atom is -0.507 e. The van der Waals surface area contributed by atoms with Crippen LogP contribution in [0, 0.1) is 17.8 Å². The van der Waals surface area contributed by atoms with Gasteiger partial charge < -0.3 is 14.6 Å². The van der Waals surface area contributed by atoms with Crippen LogP contribution >= 0.6 is 0 Å². The standard InChI is InChI=1S/C30H33NO6/c1-4-17(14-19-11-12-24(32)21-9-7-6-8-20(19)21)10-13-25-26-18(5-2)15-22-27(23(26)16-37-25)29(34)31(28(22)33)30(35)36-3/h6-9,11-12,14,22-23,25,27,32H,4-5,10,13,15-16H2,1-3H3/b17-14+/t22-,23+,25-,27-/m1/s1. The van der Waals surface area contributed by atoms with Crippen molar-refractivity contribution in [3.05, 3.63) is 58.7 Å². The molecule has 5 rings (SSSR count). The Labute approximate surface area is 216 Å². The lowest BCUT2D eigenvalue weighted by atomic mass is 9.69. The van der Waals surface area contributed by atoms with E-state index in [1.54, 1.807) is 6.07 Å². The largest absolute Gasteiger partial charge is 0.507 e. The van der Waals surface area contributed by atoms with Crippen molar-refractivity contribution in [2.24, 2.45) is 17.8 Å². The lowest BCUT2D eigenvalue weighted by molar-refractivity contribution is -0.137.